The fraction of sp³-hybridized carbons (Fsp3) is 0.333. The van der Waals surface area contributed by atoms with E-state index in [1.807, 2.05) is 53.4 Å². The summed E-state index contributed by atoms with van der Waals surface area (Å²) in [6.45, 7) is 2.19. The number of benzene rings is 2. The molecule has 152 valence electrons. The molecule has 8 heteroatoms. The average molecular weight is 431 g/mol. The van der Waals surface area contributed by atoms with Gasteiger partial charge in [0.1, 0.15) is 5.75 Å². The highest BCUT2D eigenvalue weighted by molar-refractivity contribution is 8.15. The van der Waals surface area contributed by atoms with Crippen molar-refractivity contribution in [2.75, 3.05) is 11.5 Å². The zero-order valence-electron chi connectivity index (χ0n) is 16.0. The van der Waals surface area contributed by atoms with Crippen LogP contribution >= 0.6 is 11.8 Å². The number of amidine groups is 1. The fourth-order valence-corrected chi connectivity index (χ4v) is 7.50. The first-order valence-electron chi connectivity index (χ1n) is 9.43. The summed E-state index contributed by atoms with van der Waals surface area (Å²) in [6, 6.07) is 18.8. The SMILES string of the molecule is C[C@@H](Oc1ccccc1)C(=O)N=C1S[C@H]2CS(=O)(=O)C[C@@H]2N1Cc1ccccc1. The van der Waals surface area contributed by atoms with Crippen LogP contribution < -0.4 is 4.74 Å². The highest BCUT2D eigenvalue weighted by Gasteiger charge is 2.48. The van der Waals surface area contributed by atoms with E-state index in [0.29, 0.717) is 17.5 Å². The number of carbonyl (C=O) groups is 1. The van der Waals surface area contributed by atoms with Gasteiger partial charge in [0.25, 0.3) is 5.91 Å². The molecular weight excluding hydrogens is 408 g/mol. The van der Waals surface area contributed by atoms with E-state index in [0.717, 1.165) is 5.56 Å². The summed E-state index contributed by atoms with van der Waals surface area (Å²) in [7, 11) is -3.07. The van der Waals surface area contributed by atoms with Crippen LogP contribution in [0.15, 0.2) is 65.7 Å². The van der Waals surface area contributed by atoms with Gasteiger partial charge in [0, 0.05) is 11.8 Å². The molecule has 6 nitrogen and oxygen atoms in total. The molecule has 2 heterocycles. The van der Waals surface area contributed by atoms with Crippen molar-refractivity contribution in [2.45, 2.75) is 30.9 Å². The van der Waals surface area contributed by atoms with Crippen LogP contribution in [0.5, 0.6) is 5.75 Å². The summed E-state index contributed by atoms with van der Waals surface area (Å²) in [6.07, 6.45) is -0.728. The number of nitrogens with zero attached hydrogens (tertiary/aromatic N) is 2. The number of sulfone groups is 1. The summed E-state index contributed by atoms with van der Waals surface area (Å²) in [4.78, 5) is 19.0. The van der Waals surface area contributed by atoms with Crippen LogP contribution in [0.2, 0.25) is 0 Å². The van der Waals surface area contributed by atoms with E-state index in [2.05, 4.69) is 4.99 Å². The molecule has 2 aliphatic heterocycles. The number of carbonyl (C=O) groups excluding carboxylic acids is 1. The zero-order valence-corrected chi connectivity index (χ0v) is 17.6. The monoisotopic (exact) mass is 430 g/mol. The van der Waals surface area contributed by atoms with E-state index in [1.165, 1.54) is 11.8 Å². The summed E-state index contributed by atoms with van der Waals surface area (Å²) in [5.74, 6) is 0.450. The van der Waals surface area contributed by atoms with Crippen LogP contribution in [0.25, 0.3) is 0 Å². The number of rotatable bonds is 5. The lowest BCUT2D eigenvalue weighted by Crippen LogP contribution is -2.37. The van der Waals surface area contributed by atoms with Crippen molar-refractivity contribution in [3.63, 3.8) is 0 Å². The molecular formula is C21H22N2O4S2. The van der Waals surface area contributed by atoms with Crippen LogP contribution in [0.3, 0.4) is 0 Å². The van der Waals surface area contributed by atoms with Crippen molar-refractivity contribution in [2.24, 2.45) is 4.99 Å². The van der Waals surface area contributed by atoms with Gasteiger partial charge in [-0.3, -0.25) is 4.79 Å². The first-order valence-corrected chi connectivity index (χ1v) is 12.1. The van der Waals surface area contributed by atoms with Gasteiger partial charge in [0.15, 0.2) is 21.1 Å². The number of amides is 1. The molecule has 0 saturated carbocycles. The van der Waals surface area contributed by atoms with Gasteiger partial charge < -0.3 is 9.64 Å². The Bertz CT molecular complexity index is 1010. The van der Waals surface area contributed by atoms with E-state index >= 15 is 0 Å². The van der Waals surface area contributed by atoms with Crippen molar-refractivity contribution < 1.29 is 17.9 Å². The maximum absolute atomic E-state index is 12.7. The Labute approximate surface area is 174 Å². The molecule has 0 unspecified atom stereocenters. The molecule has 4 rings (SSSR count). The van der Waals surface area contributed by atoms with Crippen LogP contribution in [-0.2, 0) is 21.2 Å². The van der Waals surface area contributed by atoms with Crippen LogP contribution in [-0.4, -0.2) is 53.3 Å². The molecule has 2 aliphatic rings. The third-order valence-corrected chi connectivity index (χ3v) is 8.23. The Morgan fingerprint density at radius 2 is 1.79 bits per heavy atom. The number of aliphatic imine (C=N–C) groups is 1. The Balaban J connectivity index is 1.54. The first-order chi connectivity index (χ1) is 13.9. The predicted octanol–water partition coefficient (Wildman–Crippen LogP) is 2.75. The van der Waals surface area contributed by atoms with Gasteiger partial charge in [-0.05, 0) is 24.6 Å². The first kappa shape index (κ1) is 20.0. The molecule has 0 spiro atoms. The lowest BCUT2D eigenvalue weighted by atomic mass is 10.1. The van der Waals surface area contributed by atoms with E-state index in [4.69, 9.17) is 4.74 Å². The quantitative estimate of drug-likeness (QED) is 0.726. The third kappa shape index (κ3) is 4.64. The average Bonchev–Trinajstić information content (AvgIpc) is 3.15. The molecule has 3 atom stereocenters. The molecule has 0 bridgehead atoms. The van der Waals surface area contributed by atoms with Crippen molar-refractivity contribution in [1.82, 2.24) is 4.90 Å². The largest absolute Gasteiger partial charge is 0.481 e. The Morgan fingerprint density at radius 3 is 2.48 bits per heavy atom. The number of para-hydroxylation sites is 1. The van der Waals surface area contributed by atoms with E-state index < -0.39 is 15.9 Å². The van der Waals surface area contributed by atoms with Crippen LogP contribution in [0, 0.1) is 0 Å². The number of hydrogen-bond acceptors (Lipinski definition) is 5. The molecule has 1 amide bonds. The van der Waals surface area contributed by atoms with Gasteiger partial charge in [0.05, 0.1) is 17.5 Å². The maximum atomic E-state index is 12.7. The Hall–Kier alpha value is -2.32. The highest BCUT2D eigenvalue weighted by atomic mass is 32.2. The molecule has 0 aromatic heterocycles. The summed E-state index contributed by atoms with van der Waals surface area (Å²) >= 11 is 1.38. The molecule has 2 aromatic carbocycles. The van der Waals surface area contributed by atoms with Crippen molar-refractivity contribution >= 4 is 32.7 Å². The van der Waals surface area contributed by atoms with Gasteiger partial charge in [-0.15, -0.1) is 0 Å². The minimum absolute atomic E-state index is 0.0967. The second-order valence-corrected chi connectivity index (χ2v) is 10.6. The lowest BCUT2D eigenvalue weighted by molar-refractivity contribution is -0.123. The molecule has 0 aliphatic carbocycles. The third-order valence-electron chi connectivity index (χ3n) is 4.98. The topological polar surface area (TPSA) is 76.0 Å². The van der Waals surface area contributed by atoms with Crippen molar-refractivity contribution in [3.8, 4) is 5.75 Å². The normalized spacial score (nSPS) is 25.0. The van der Waals surface area contributed by atoms with Gasteiger partial charge in [-0.1, -0.05) is 60.3 Å². The predicted molar refractivity (Wildman–Crippen MR) is 115 cm³/mol. The van der Waals surface area contributed by atoms with E-state index in [9.17, 15) is 13.2 Å². The second-order valence-electron chi connectivity index (χ2n) is 7.22. The summed E-state index contributed by atoms with van der Waals surface area (Å²) in [5.41, 5.74) is 1.05. The maximum Gasteiger partial charge on any atom is 0.288 e. The fourth-order valence-electron chi connectivity index (χ4n) is 3.54. The zero-order chi connectivity index (χ0) is 20.4. The van der Waals surface area contributed by atoms with Crippen molar-refractivity contribution in [1.29, 1.82) is 0 Å². The van der Waals surface area contributed by atoms with Gasteiger partial charge >= 0.3 is 0 Å². The number of hydrogen-bond donors (Lipinski definition) is 0. The lowest BCUT2D eigenvalue weighted by Gasteiger charge is -2.24. The summed E-state index contributed by atoms with van der Waals surface area (Å²) < 4.78 is 29.9. The molecule has 0 radical (unpaired) electrons. The summed E-state index contributed by atoms with van der Waals surface area (Å²) in [5, 5.41) is 0.480. The van der Waals surface area contributed by atoms with E-state index in [1.54, 1.807) is 19.1 Å². The number of ether oxygens (including phenoxy) is 1. The number of fused-ring (bicyclic) bond motifs is 1. The van der Waals surface area contributed by atoms with E-state index in [-0.39, 0.29) is 28.7 Å². The van der Waals surface area contributed by atoms with Crippen LogP contribution in [0.1, 0.15) is 12.5 Å². The standard InChI is InChI=1S/C21H22N2O4S2/c1-15(27-17-10-6-3-7-11-17)20(24)22-21-23(12-16-8-4-2-5-9-16)18-13-29(25,26)14-19(18)28-21/h2-11,15,18-19H,12-14H2,1H3/t15-,18+,19+/m1/s1. The molecule has 2 aromatic rings. The number of thioether (sulfide) groups is 1. The van der Waals surface area contributed by atoms with Gasteiger partial charge in [-0.2, -0.15) is 4.99 Å². The second kappa shape index (κ2) is 8.20. The molecule has 2 saturated heterocycles. The minimum Gasteiger partial charge on any atom is -0.481 e. The Kier molecular flexibility index (Phi) is 5.65. The van der Waals surface area contributed by atoms with Crippen molar-refractivity contribution in [3.05, 3.63) is 66.2 Å². The minimum atomic E-state index is -3.07. The smallest absolute Gasteiger partial charge is 0.288 e. The molecule has 0 N–H and O–H groups in total. The van der Waals surface area contributed by atoms with Crippen LogP contribution in [0.4, 0.5) is 0 Å². The van der Waals surface area contributed by atoms with Gasteiger partial charge in [-0.25, -0.2) is 8.42 Å². The highest BCUT2D eigenvalue weighted by Crippen LogP contribution is 2.39. The Morgan fingerprint density at radius 1 is 1.14 bits per heavy atom. The van der Waals surface area contributed by atoms with Gasteiger partial charge in [0.2, 0.25) is 0 Å². The molecule has 29 heavy (non-hydrogen) atoms. The molecule has 2 fully saturated rings.